The lowest BCUT2D eigenvalue weighted by Crippen LogP contribution is -2.00. The number of hydrogen-bond acceptors (Lipinski definition) is 1. The first-order chi connectivity index (χ1) is 9.72. The van der Waals surface area contributed by atoms with E-state index in [1.165, 1.54) is 56.9 Å². The third-order valence-corrected chi connectivity index (χ3v) is 3.67. The molecule has 0 saturated heterocycles. The Kier molecular flexibility index (Phi) is 8.77. The van der Waals surface area contributed by atoms with Crippen molar-refractivity contribution in [2.75, 3.05) is 0 Å². The van der Waals surface area contributed by atoms with Gasteiger partial charge in [0.2, 0.25) is 0 Å². The van der Waals surface area contributed by atoms with Crippen LogP contribution < -0.4 is 0 Å². The Balaban J connectivity index is 2.14. The second-order valence-electron chi connectivity index (χ2n) is 5.62. The molecular formula is C18H28O2. The maximum Gasteiger partial charge on any atom is 0.307 e. The van der Waals surface area contributed by atoms with Crippen molar-refractivity contribution < 1.29 is 9.90 Å². The number of unbranched alkanes of at least 4 members (excludes halogenated alkanes) is 7. The molecule has 1 rings (SSSR count). The number of carbonyl (C=O) groups is 1. The minimum atomic E-state index is -0.755. The number of hydrogen-bond donors (Lipinski definition) is 1. The molecule has 0 aromatic heterocycles. The predicted octanol–water partition coefficient (Wildman–Crippen LogP) is 5.00. The van der Waals surface area contributed by atoms with E-state index in [0.29, 0.717) is 0 Å². The van der Waals surface area contributed by atoms with E-state index in [-0.39, 0.29) is 6.42 Å². The highest BCUT2D eigenvalue weighted by Gasteiger charge is 2.01. The van der Waals surface area contributed by atoms with Crippen LogP contribution in [0.25, 0.3) is 0 Å². The van der Waals surface area contributed by atoms with Gasteiger partial charge in [0.15, 0.2) is 0 Å². The molecular weight excluding hydrogens is 248 g/mol. The second kappa shape index (κ2) is 10.5. The van der Waals surface area contributed by atoms with E-state index in [4.69, 9.17) is 5.11 Å². The lowest BCUT2D eigenvalue weighted by molar-refractivity contribution is -0.136. The summed E-state index contributed by atoms with van der Waals surface area (Å²) in [6.45, 7) is 2.25. The van der Waals surface area contributed by atoms with E-state index in [2.05, 4.69) is 13.0 Å². The van der Waals surface area contributed by atoms with Crippen molar-refractivity contribution in [3.8, 4) is 0 Å². The number of carboxylic acids is 1. The van der Waals surface area contributed by atoms with Gasteiger partial charge in [0, 0.05) is 0 Å². The number of aliphatic carboxylic acids is 1. The largest absolute Gasteiger partial charge is 0.481 e. The molecule has 0 aliphatic rings. The average molecular weight is 276 g/mol. The first-order valence-corrected chi connectivity index (χ1v) is 8.02. The first-order valence-electron chi connectivity index (χ1n) is 8.02. The lowest BCUT2D eigenvalue weighted by atomic mass is 10.0. The summed E-state index contributed by atoms with van der Waals surface area (Å²) in [4.78, 5) is 10.7. The molecule has 20 heavy (non-hydrogen) atoms. The highest BCUT2D eigenvalue weighted by Crippen LogP contribution is 2.13. The van der Waals surface area contributed by atoms with Crippen LogP contribution >= 0.6 is 0 Å². The van der Waals surface area contributed by atoms with Gasteiger partial charge in [-0.05, 0) is 24.0 Å². The van der Waals surface area contributed by atoms with Crippen LogP contribution in [-0.2, 0) is 17.6 Å². The highest BCUT2D eigenvalue weighted by molar-refractivity contribution is 5.70. The summed E-state index contributed by atoms with van der Waals surface area (Å²) in [5.74, 6) is -0.755. The highest BCUT2D eigenvalue weighted by atomic mass is 16.4. The van der Waals surface area contributed by atoms with Gasteiger partial charge in [-0.1, -0.05) is 76.1 Å². The quantitative estimate of drug-likeness (QED) is 0.578. The van der Waals surface area contributed by atoms with Gasteiger partial charge in [0.25, 0.3) is 0 Å². The van der Waals surface area contributed by atoms with Crippen molar-refractivity contribution >= 4 is 5.97 Å². The third-order valence-electron chi connectivity index (χ3n) is 3.67. The van der Waals surface area contributed by atoms with Gasteiger partial charge in [0.05, 0.1) is 6.42 Å². The van der Waals surface area contributed by atoms with Crippen molar-refractivity contribution in [3.63, 3.8) is 0 Å². The molecule has 0 amide bonds. The fourth-order valence-corrected chi connectivity index (χ4v) is 2.53. The third kappa shape index (κ3) is 7.98. The summed E-state index contributed by atoms with van der Waals surface area (Å²) in [5.41, 5.74) is 2.18. The minimum Gasteiger partial charge on any atom is -0.481 e. The molecule has 0 unspecified atom stereocenters. The molecule has 1 aromatic rings. The van der Waals surface area contributed by atoms with Gasteiger partial charge in [-0.25, -0.2) is 0 Å². The standard InChI is InChI=1S/C18H28O2/c1-2-3-4-5-6-7-8-9-11-16-12-10-13-17(14-16)15-18(19)20/h10,12-14H,2-9,11,15H2,1H3,(H,19,20). The van der Waals surface area contributed by atoms with Crippen LogP contribution in [0.2, 0.25) is 0 Å². The molecule has 1 aromatic carbocycles. The molecule has 0 heterocycles. The van der Waals surface area contributed by atoms with E-state index in [1.54, 1.807) is 0 Å². The summed E-state index contributed by atoms with van der Waals surface area (Å²) in [6.07, 6.45) is 11.8. The van der Waals surface area contributed by atoms with Gasteiger partial charge < -0.3 is 5.11 Å². The van der Waals surface area contributed by atoms with Gasteiger partial charge in [0.1, 0.15) is 0 Å². The van der Waals surface area contributed by atoms with Crippen LogP contribution in [0.4, 0.5) is 0 Å². The smallest absolute Gasteiger partial charge is 0.307 e. The first kappa shape index (κ1) is 16.7. The van der Waals surface area contributed by atoms with E-state index in [1.807, 2.05) is 18.2 Å². The molecule has 2 nitrogen and oxygen atoms in total. The van der Waals surface area contributed by atoms with Crippen LogP contribution in [-0.4, -0.2) is 11.1 Å². The fraction of sp³-hybridized carbons (Fsp3) is 0.611. The minimum absolute atomic E-state index is 0.130. The number of aryl methyl sites for hydroxylation is 1. The molecule has 0 radical (unpaired) electrons. The van der Waals surface area contributed by atoms with E-state index in [0.717, 1.165) is 12.0 Å². The molecule has 0 bridgehead atoms. The summed E-state index contributed by atoms with van der Waals surface area (Å²) < 4.78 is 0. The molecule has 0 spiro atoms. The van der Waals surface area contributed by atoms with E-state index in [9.17, 15) is 4.79 Å². The van der Waals surface area contributed by atoms with Crippen molar-refractivity contribution in [1.29, 1.82) is 0 Å². The predicted molar refractivity (Wildman–Crippen MR) is 84.1 cm³/mol. The Labute approximate surface area is 123 Å². The molecule has 0 saturated carbocycles. The lowest BCUT2D eigenvalue weighted by Gasteiger charge is -2.04. The molecule has 2 heteroatoms. The Morgan fingerprint density at radius 1 is 0.950 bits per heavy atom. The van der Waals surface area contributed by atoms with Gasteiger partial charge in [-0.2, -0.15) is 0 Å². The zero-order valence-electron chi connectivity index (χ0n) is 12.7. The molecule has 0 atom stereocenters. The average Bonchev–Trinajstić information content (AvgIpc) is 2.41. The Morgan fingerprint density at radius 2 is 1.55 bits per heavy atom. The van der Waals surface area contributed by atoms with Crippen LogP contribution in [0.5, 0.6) is 0 Å². The summed E-state index contributed by atoms with van der Waals surface area (Å²) in [5, 5.41) is 8.79. The SMILES string of the molecule is CCCCCCCCCCc1cccc(CC(=O)O)c1. The Bertz CT molecular complexity index is 385. The monoisotopic (exact) mass is 276 g/mol. The van der Waals surface area contributed by atoms with E-state index >= 15 is 0 Å². The van der Waals surface area contributed by atoms with Gasteiger partial charge >= 0.3 is 5.97 Å². The van der Waals surface area contributed by atoms with Crippen LogP contribution in [0.3, 0.4) is 0 Å². The number of carboxylic acid groups (broad SMARTS) is 1. The molecule has 112 valence electrons. The van der Waals surface area contributed by atoms with Crippen molar-refractivity contribution in [3.05, 3.63) is 35.4 Å². The van der Waals surface area contributed by atoms with E-state index < -0.39 is 5.97 Å². The fourth-order valence-electron chi connectivity index (χ4n) is 2.53. The second-order valence-corrected chi connectivity index (χ2v) is 5.62. The van der Waals surface area contributed by atoms with Crippen LogP contribution in [0.1, 0.15) is 69.4 Å². The van der Waals surface area contributed by atoms with Gasteiger partial charge in [-0.3, -0.25) is 4.79 Å². The zero-order chi connectivity index (χ0) is 14.6. The maximum atomic E-state index is 10.7. The number of benzene rings is 1. The Morgan fingerprint density at radius 3 is 2.20 bits per heavy atom. The van der Waals surface area contributed by atoms with Crippen LogP contribution in [0.15, 0.2) is 24.3 Å². The molecule has 1 N–H and O–H groups in total. The summed E-state index contributed by atoms with van der Waals surface area (Å²) >= 11 is 0. The molecule has 0 fully saturated rings. The summed E-state index contributed by atoms with van der Waals surface area (Å²) in [6, 6.07) is 8.01. The normalized spacial score (nSPS) is 10.7. The van der Waals surface area contributed by atoms with Crippen molar-refractivity contribution in [2.45, 2.75) is 71.1 Å². The van der Waals surface area contributed by atoms with Gasteiger partial charge in [-0.15, -0.1) is 0 Å². The van der Waals surface area contributed by atoms with Crippen molar-refractivity contribution in [2.24, 2.45) is 0 Å². The number of rotatable bonds is 11. The summed E-state index contributed by atoms with van der Waals surface area (Å²) in [7, 11) is 0. The Hall–Kier alpha value is -1.31. The topological polar surface area (TPSA) is 37.3 Å². The molecule has 0 aliphatic heterocycles. The van der Waals surface area contributed by atoms with Crippen LogP contribution in [0, 0.1) is 0 Å². The van der Waals surface area contributed by atoms with Crippen molar-refractivity contribution in [1.82, 2.24) is 0 Å². The zero-order valence-corrected chi connectivity index (χ0v) is 12.7. The maximum absolute atomic E-state index is 10.7. The molecule has 0 aliphatic carbocycles.